The van der Waals surface area contributed by atoms with E-state index in [1.807, 2.05) is 54.3 Å². The molecule has 2 heterocycles. The summed E-state index contributed by atoms with van der Waals surface area (Å²) in [5.41, 5.74) is 2.49. The molecule has 1 saturated heterocycles. The maximum atomic E-state index is 12.9. The lowest BCUT2D eigenvalue weighted by atomic mass is 10.1. The molecular weight excluding hydrogens is 434 g/mol. The van der Waals surface area contributed by atoms with E-state index in [1.54, 1.807) is 0 Å². The molecule has 2 N–H and O–H groups in total. The number of aromatic nitrogens is 1. The van der Waals surface area contributed by atoms with E-state index in [1.165, 1.54) is 0 Å². The highest BCUT2D eigenvalue weighted by molar-refractivity contribution is 7.80. The van der Waals surface area contributed by atoms with Crippen LogP contribution in [0, 0.1) is 0 Å². The molecule has 33 heavy (non-hydrogen) atoms. The Kier molecular flexibility index (Phi) is 7.62. The second-order valence-electron chi connectivity index (χ2n) is 8.40. The second kappa shape index (κ2) is 10.8. The monoisotopic (exact) mass is 465 g/mol. The molecule has 1 aromatic heterocycles. The number of nitrogens with one attached hydrogen (secondary N) is 2. The molecular formula is C26H31N3O3S. The van der Waals surface area contributed by atoms with Gasteiger partial charge in [0.2, 0.25) is 0 Å². The third-order valence-electron chi connectivity index (χ3n) is 5.94. The molecule has 2 aromatic carbocycles. The molecule has 3 aromatic rings. The first-order valence-corrected chi connectivity index (χ1v) is 11.9. The van der Waals surface area contributed by atoms with Crippen LogP contribution < -0.4 is 15.6 Å². The van der Waals surface area contributed by atoms with Crippen LogP contribution in [0.3, 0.4) is 0 Å². The van der Waals surface area contributed by atoms with Gasteiger partial charge in [0.25, 0.3) is 5.56 Å². The fourth-order valence-corrected chi connectivity index (χ4v) is 4.48. The lowest BCUT2D eigenvalue weighted by molar-refractivity contribution is 0.0895. The van der Waals surface area contributed by atoms with E-state index in [9.17, 15) is 4.79 Å². The third kappa shape index (κ3) is 5.92. The summed E-state index contributed by atoms with van der Waals surface area (Å²) in [5, 5.41) is 4.99. The maximum absolute atomic E-state index is 12.9. The average Bonchev–Trinajstić information content (AvgIpc) is 3.33. The van der Waals surface area contributed by atoms with Gasteiger partial charge in [-0.25, -0.2) is 0 Å². The number of thiocarbonyl (C=S) groups is 1. The molecule has 1 aliphatic heterocycles. The van der Waals surface area contributed by atoms with Crippen LogP contribution in [-0.2, 0) is 11.3 Å². The Balaban J connectivity index is 1.57. The molecule has 0 aliphatic carbocycles. The number of H-pyrrole nitrogens is 1. The number of hydrogen-bond donors (Lipinski definition) is 2. The van der Waals surface area contributed by atoms with Gasteiger partial charge in [0, 0.05) is 29.6 Å². The Hall–Kier alpha value is -2.90. The smallest absolute Gasteiger partial charge is 0.253 e. The Morgan fingerprint density at radius 1 is 1.27 bits per heavy atom. The van der Waals surface area contributed by atoms with Crippen LogP contribution in [0.4, 0.5) is 0 Å². The van der Waals surface area contributed by atoms with Crippen molar-refractivity contribution in [1.29, 1.82) is 0 Å². The van der Waals surface area contributed by atoms with Crippen molar-refractivity contribution in [2.45, 2.75) is 45.4 Å². The van der Waals surface area contributed by atoms with E-state index in [0.717, 1.165) is 41.7 Å². The molecule has 174 valence electrons. The number of aromatic amines is 1. The lowest BCUT2D eigenvalue weighted by Crippen LogP contribution is -2.44. The Labute approximate surface area is 199 Å². The van der Waals surface area contributed by atoms with Gasteiger partial charge in [-0.15, -0.1) is 0 Å². The number of ether oxygens (including phenoxy) is 2. The summed E-state index contributed by atoms with van der Waals surface area (Å²) in [6.07, 6.45) is 2.16. The van der Waals surface area contributed by atoms with Crippen molar-refractivity contribution in [2.75, 3.05) is 19.8 Å². The first kappa shape index (κ1) is 23.3. The summed E-state index contributed by atoms with van der Waals surface area (Å²) in [6, 6.07) is 17.9. The van der Waals surface area contributed by atoms with Crippen molar-refractivity contribution in [3.05, 3.63) is 76.1 Å². The largest absolute Gasteiger partial charge is 0.494 e. The number of nitrogens with zero attached hydrogens (tertiary/aromatic N) is 1. The predicted octanol–water partition coefficient (Wildman–Crippen LogP) is 4.54. The first-order valence-electron chi connectivity index (χ1n) is 11.5. The van der Waals surface area contributed by atoms with E-state index in [-0.39, 0.29) is 17.7 Å². The normalized spacial score (nSPS) is 16.5. The number of hydrogen-bond acceptors (Lipinski definition) is 4. The molecule has 0 bridgehead atoms. The van der Waals surface area contributed by atoms with Crippen molar-refractivity contribution < 1.29 is 9.47 Å². The van der Waals surface area contributed by atoms with Gasteiger partial charge in [-0.3, -0.25) is 4.79 Å². The van der Waals surface area contributed by atoms with Crippen LogP contribution in [-0.4, -0.2) is 40.9 Å². The fraction of sp³-hybridized carbons (Fsp3) is 0.385. The van der Waals surface area contributed by atoms with Crippen molar-refractivity contribution in [2.24, 2.45) is 0 Å². The molecule has 0 saturated carbocycles. The SMILES string of the molecule is CCOc1ccc2[nH]c(=O)c(CN(CC3CCCO3)C(=S)NC(C)c3ccccc3)cc2c1. The van der Waals surface area contributed by atoms with Gasteiger partial charge in [-0.2, -0.15) is 0 Å². The molecule has 1 fully saturated rings. The van der Waals surface area contributed by atoms with E-state index < -0.39 is 0 Å². The van der Waals surface area contributed by atoms with E-state index in [2.05, 4.69) is 29.4 Å². The minimum Gasteiger partial charge on any atom is -0.494 e. The molecule has 2 atom stereocenters. The average molecular weight is 466 g/mol. The van der Waals surface area contributed by atoms with Gasteiger partial charge in [-0.1, -0.05) is 30.3 Å². The molecule has 4 rings (SSSR count). The summed E-state index contributed by atoms with van der Waals surface area (Å²) in [7, 11) is 0. The van der Waals surface area contributed by atoms with Gasteiger partial charge in [0.1, 0.15) is 5.75 Å². The Morgan fingerprint density at radius 3 is 2.82 bits per heavy atom. The number of benzene rings is 2. The zero-order valence-electron chi connectivity index (χ0n) is 19.2. The Morgan fingerprint density at radius 2 is 2.09 bits per heavy atom. The summed E-state index contributed by atoms with van der Waals surface area (Å²) in [4.78, 5) is 17.9. The highest BCUT2D eigenvalue weighted by Gasteiger charge is 2.23. The minimum atomic E-state index is -0.108. The van der Waals surface area contributed by atoms with Crippen molar-refractivity contribution in [1.82, 2.24) is 15.2 Å². The van der Waals surface area contributed by atoms with E-state index in [0.29, 0.717) is 30.4 Å². The summed E-state index contributed by atoms with van der Waals surface area (Å²) in [5.74, 6) is 0.785. The molecule has 0 amide bonds. The standard InChI is InChI=1S/C26H31N3O3S/c1-3-31-22-11-12-24-20(15-22)14-21(25(30)28-24)16-29(17-23-10-7-13-32-23)26(33)27-18(2)19-8-5-4-6-9-19/h4-6,8-9,11-12,14-15,18,23H,3,7,10,13,16-17H2,1-2H3,(H,27,33)(H,28,30). The zero-order valence-corrected chi connectivity index (χ0v) is 20.0. The topological polar surface area (TPSA) is 66.6 Å². The highest BCUT2D eigenvalue weighted by atomic mass is 32.1. The van der Waals surface area contributed by atoms with Gasteiger partial charge < -0.3 is 24.7 Å². The maximum Gasteiger partial charge on any atom is 0.253 e. The quantitative estimate of drug-likeness (QED) is 0.476. The summed E-state index contributed by atoms with van der Waals surface area (Å²) < 4.78 is 11.5. The van der Waals surface area contributed by atoms with E-state index >= 15 is 0 Å². The molecule has 0 radical (unpaired) electrons. The van der Waals surface area contributed by atoms with Crippen LogP contribution in [0.15, 0.2) is 59.4 Å². The van der Waals surface area contributed by atoms with Crippen LogP contribution >= 0.6 is 12.2 Å². The Bertz CT molecular complexity index is 1140. The lowest BCUT2D eigenvalue weighted by Gasteiger charge is -2.30. The van der Waals surface area contributed by atoms with Crippen molar-refractivity contribution in [3.63, 3.8) is 0 Å². The van der Waals surface area contributed by atoms with Crippen molar-refractivity contribution >= 4 is 28.2 Å². The molecule has 2 unspecified atom stereocenters. The number of pyridine rings is 1. The molecule has 6 nitrogen and oxygen atoms in total. The van der Waals surface area contributed by atoms with Crippen LogP contribution in [0.1, 0.15) is 43.9 Å². The van der Waals surface area contributed by atoms with Crippen molar-refractivity contribution in [3.8, 4) is 5.75 Å². The number of fused-ring (bicyclic) bond motifs is 1. The van der Waals surface area contributed by atoms with Gasteiger partial charge in [0.15, 0.2) is 5.11 Å². The third-order valence-corrected chi connectivity index (χ3v) is 6.32. The predicted molar refractivity (Wildman–Crippen MR) is 136 cm³/mol. The van der Waals surface area contributed by atoms with Gasteiger partial charge in [0.05, 0.1) is 25.3 Å². The zero-order chi connectivity index (χ0) is 23.2. The summed E-state index contributed by atoms with van der Waals surface area (Å²) in [6.45, 7) is 6.45. The molecule has 7 heteroatoms. The molecule has 1 aliphatic rings. The molecule has 0 spiro atoms. The summed E-state index contributed by atoms with van der Waals surface area (Å²) >= 11 is 5.81. The van der Waals surface area contributed by atoms with Crippen LogP contribution in [0.5, 0.6) is 5.75 Å². The fourth-order valence-electron chi connectivity index (χ4n) is 4.16. The van der Waals surface area contributed by atoms with E-state index in [4.69, 9.17) is 21.7 Å². The number of rotatable bonds is 8. The van der Waals surface area contributed by atoms with Gasteiger partial charge >= 0.3 is 0 Å². The highest BCUT2D eigenvalue weighted by Crippen LogP contribution is 2.21. The van der Waals surface area contributed by atoms with Gasteiger partial charge in [-0.05, 0) is 68.7 Å². The minimum absolute atomic E-state index is 0.0503. The van der Waals surface area contributed by atoms with Crippen LogP contribution in [0.2, 0.25) is 0 Å². The first-order chi connectivity index (χ1) is 16.0. The second-order valence-corrected chi connectivity index (χ2v) is 8.79. The van der Waals surface area contributed by atoms with Crippen LogP contribution in [0.25, 0.3) is 10.9 Å².